The van der Waals surface area contributed by atoms with E-state index in [-0.39, 0.29) is 18.2 Å². The summed E-state index contributed by atoms with van der Waals surface area (Å²) in [5.74, 6) is 0.527. The number of aromatic nitrogens is 1. The van der Waals surface area contributed by atoms with E-state index >= 15 is 0 Å². The molecule has 0 bridgehead atoms. The zero-order chi connectivity index (χ0) is 19.4. The van der Waals surface area contributed by atoms with E-state index in [9.17, 15) is 9.59 Å². The summed E-state index contributed by atoms with van der Waals surface area (Å²) in [6.07, 6.45) is 1.40. The molecule has 27 heavy (non-hydrogen) atoms. The van der Waals surface area contributed by atoms with E-state index in [1.54, 1.807) is 44.2 Å². The normalized spacial score (nSPS) is 10.6. The van der Waals surface area contributed by atoms with Crippen LogP contribution in [0.1, 0.15) is 37.9 Å². The summed E-state index contributed by atoms with van der Waals surface area (Å²) in [4.78, 5) is 24.5. The average Bonchev–Trinajstić information content (AvgIpc) is 3.23. The van der Waals surface area contributed by atoms with Gasteiger partial charge in [-0.25, -0.2) is 0 Å². The summed E-state index contributed by atoms with van der Waals surface area (Å²) < 4.78 is 15.3. The standard InChI is InChI=1S/C19H19N3O5/c1-11-8-13(9-26-11)18(23)20-14-4-6-15(7-5-14)21-19(24)17-16(10-25-3)12(2)27-22-17/h4-9H,10H2,1-3H3,(H,20,23)(H,21,24). The number of carbonyl (C=O) groups excluding carboxylic acids is 2. The minimum absolute atomic E-state index is 0.182. The van der Waals surface area contributed by atoms with Crippen molar-refractivity contribution < 1.29 is 23.3 Å². The van der Waals surface area contributed by atoms with Gasteiger partial charge in [-0.3, -0.25) is 9.59 Å². The van der Waals surface area contributed by atoms with Gasteiger partial charge in [0.2, 0.25) is 0 Å². The first-order chi connectivity index (χ1) is 13.0. The van der Waals surface area contributed by atoms with Crippen molar-refractivity contribution in [2.45, 2.75) is 20.5 Å². The van der Waals surface area contributed by atoms with Crippen molar-refractivity contribution in [3.8, 4) is 0 Å². The Balaban J connectivity index is 1.65. The Labute approximate surface area is 155 Å². The quantitative estimate of drug-likeness (QED) is 0.688. The number of rotatable bonds is 6. The molecular formula is C19H19N3O5. The predicted octanol–water partition coefficient (Wildman–Crippen LogP) is 3.54. The minimum atomic E-state index is -0.399. The number of nitrogens with zero attached hydrogens (tertiary/aromatic N) is 1. The van der Waals surface area contributed by atoms with Crippen LogP contribution in [0, 0.1) is 13.8 Å². The number of furan rings is 1. The van der Waals surface area contributed by atoms with Crippen LogP contribution in [0.2, 0.25) is 0 Å². The molecule has 0 aliphatic rings. The van der Waals surface area contributed by atoms with E-state index in [2.05, 4.69) is 15.8 Å². The number of ether oxygens (including phenoxy) is 1. The molecule has 2 amide bonds. The zero-order valence-corrected chi connectivity index (χ0v) is 15.2. The largest absolute Gasteiger partial charge is 0.469 e. The van der Waals surface area contributed by atoms with Crippen LogP contribution in [0.5, 0.6) is 0 Å². The SMILES string of the molecule is COCc1c(C(=O)Nc2ccc(NC(=O)c3coc(C)c3)cc2)noc1C. The minimum Gasteiger partial charge on any atom is -0.469 e. The third-order valence-electron chi connectivity index (χ3n) is 3.88. The highest BCUT2D eigenvalue weighted by atomic mass is 16.5. The number of amides is 2. The number of aryl methyl sites for hydroxylation is 2. The third kappa shape index (κ3) is 4.24. The van der Waals surface area contributed by atoms with Crippen molar-refractivity contribution >= 4 is 23.2 Å². The molecule has 0 aliphatic carbocycles. The highest BCUT2D eigenvalue weighted by Crippen LogP contribution is 2.19. The highest BCUT2D eigenvalue weighted by molar-refractivity contribution is 6.05. The van der Waals surface area contributed by atoms with Gasteiger partial charge in [0.1, 0.15) is 17.8 Å². The Morgan fingerprint density at radius 3 is 2.26 bits per heavy atom. The van der Waals surface area contributed by atoms with Crippen molar-refractivity contribution in [3.05, 3.63) is 64.9 Å². The number of hydrogen-bond donors (Lipinski definition) is 2. The van der Waals surface area contributed by atoms with E-state index in [0.717, 1.165) is 0 Å². The molecule has 0 saturated heterocycles. The lowest BCUT2D eigenvalue weighted by molar-refractivity contribution is 0.101. The number of anilines is 2. The van der Waals surface area contributed by atoms with Crippen LogP contribution in [0.25, 0.3) is 0 Å². The van der Waals surface area contributed by atoms with Gasteiger partial charge in [-0.05, 0) is 44.2 Å². The van der Waals surface area contributed by atoms with E-state index in [4.69, 9.17) is 13.7 Å². The fourth-order valence-corrected chi connectivity index (χ4v) is 2.48. The topological polar surface area (TPSA) is 107 Å². The second-order valence-electron chi connectivity index (χ2n) is 5.93. The predicted molar refractivity (Wildman–Crippen MR) is 97.7 cm³/mol. The van der Waals surface area contributed by atoms with Crippen LogP contribution < -0.4 is 10.6 Å². The van der Waals surface area contributed by atoms with Crippen LogP contribution in [0.4, 0.5) is 11.4 Å². The first kappa shape index (κ1) is 18.4. The molecule has 0 aliphatic heterocycles. The molecule has 8 heteroatoms. The van der Waals surface area contributed by atoms with Crippen molar-refractivity contribution in [2.75, 3.05) is 17.7 Å². The first-order valence-electron chi connectivity index (χ1n) is 8.20. The Morgan fingerprint density at radius 1 is 1.07 bits per heavy atom. The molecule has 8 nitrogen and oxygen atoms in total. The maximum Gasteiger partial charge on any atom is 0.278 e. The molecule has 0 unspecified atom stereocenters. The molecule has 2 aromatic heterocycles. The lowest BCUT2D eigenvalue weighted by atomic mass is 10.2. The average molecular weight is 369 g/mol. The van der Waals surface area contributed by atoms with Gasteiger partial charge in [-0.2, -0.15) is 0 Å². The Morgan fingerprint density at radius 2 is 1.70 bits per heavy atom. The summed E-state index contributed by atoms with van der Waals surface area (Å²) in [5, 5.41) is 9.29. The van der Waals surface area contributed by atoms with Crippen LogP contribution >= 0.6 is 0 Å². The van der Waals surface area contributed by atoms with E-state index in [1.807, 2.05) is 0 Å². The van der Waals surface area contributed by atoms with Crippen molar-refractivity contribution in [1.29, 1.82) is 0 Å². The molecule has 0 spiro atoms. The third-order valence-corrected chi connectivity index (χ3v) is 3.88. The molecule has 0 saturated carbocycles. The molecule has 3 aromatic rings. The van der Waals surface area contributed by atoms with Crippen LogP contribution in [-0.2, 0) is 11.3 Å². The molecular weight excluding hydrogens is 350 g/mol. The summed E-state index contributed by atoms with van der Waals surface area (Å²) in [5.41, 5.74) is 2.38. The fourth-order valence-electron chi connectivity index (χ4n) is 2.48. The maximum absolute atomic E-state index is 12.4. The lowest BCUT2D eigenvalue weighted by Gasteiger charge is -2.07. The lowest BCUT2D eigenvalue weighted by Crippen LogP contribution is -2.15. The van der Waals surface area contributed by atoms with Crippen LogP contribution in [0.3, 0.4) is 0 Å². The molecule has 0 atom stereocenters. The molecule has 2 heterocycles. The zero-order valence-electron chi connectivity index (χ0n) is 15.2. The number of nitrogens with one attached hydrogen (secondary N) is 2. The summed E-state index contributed by atoms with van der Waals surface area (Å²) in [6, 6.07) is 8.38. The van der Waals surface area contributed by atoms with Crippen LogP contribution in [0.15, 0.2) is 45.5 Å². The van der Waals surface area contributed by atoms with Crippen molar-refractivity contribution in [2.24, 2.45) is 0 Å². The van der Waals surface area contributed by atoms with Gasteiger partial charge in [-0.1, -0.05) is 5.16 Å². The molecule has 0 radical (unpaired) electrons. The first-order valence-corrected chi connectivity index (χ1v) is 8.20. The smallest absolute Gasteiger partial charge is 0.278 e. The van der Waals surface area contributed by atoms with Crippen molar-refractivity contribution in [1.82, 2.24) is 5.16 Å². The van der Waals surface area contributed by atoms with Gasteiger partial charge < -0.3 is 24.3 Å². The molecule has 140 valence electrons. The molecule has 2 N–H and O–H groups in total. The Hall–Kier alpha value is -3.39. The van der Waals surface area contributed by atoms with Gasteiger partial charge in [0, 0.05) is 18.5 Å². The number of hydrogen-bond acceptors (Lipinski definition) is 6. The summed E-state index contributed by atoms with van der Waals surface area (Å²) >= 11 is 0. The second kappa shape index (κ2) is 7.88. The number of methoxy groups -OCH3 is 1. The second-order valence-corrected chi connectivity index (χ2v) is 5.93. The van der Waals surface area contributed by atoms with Crippen molar-refractivity contribution in [3.63, 3.8) is 0 Å². The van der Waals surface area contributed by atoms with Gasteiger partial charge >= 0.3 is 0 Å². The van der Waals surface area contributed by atoms with Gasteiger partial charge in [0.25, 0.3) is 11.8 Å². The van der Waals surface area contributed by atoms with Gasteiger partial charge in [0.05, 0.1) is 17.7 Å². The highest BCUT2D eigenvalue weighted by Gasteiger charge is 2.19. The van der Waals surface area contributed by atoms with Crippen LogP contribution in [-0.4, -0.2) is 24.1 Å². The van der Waals surface area contributed by atoms with Gasteiger partial charge in [0.15, 0.2) is 5.69 Å². The number of carbonyl (C=O) groups is 2. The van der Waals surface area contributed by atoms with E-state index in [1.165, 1.54) is 13.4 Å². The number of benzene rings is 1. The summed E-state index contributed by atoms with van der Waals surface area (Å²) in [7, 11) is 1.53. The van der Waals surface area contributed by atoms with E-state index in [0.29, 0.717) is 34.0 Å². The Bertz CT molecular complexity index is 956. The molecule has 1 aromatic carbocycles. The van der Waals surface area contributed by atoms with E-state index < -0.39 is 5.91 Å². The molecule has 0 fully saturated rings. The van der Waals surface area contributed by atoms with Gasteiger partial charge in [-0.15, -0.1) is 0 Å². The summed E-state index contributed by atoms with van der Waals surface area (Å²) in [6.45, 7) is 3.72. The maximum atomic E-state index is 12.4. The monoisotopic (exact) mass is 369 g/mol. The fraction of sp³-hybridized carbons (Fsp3) is 0.211. The Kier molecular flexibility index (Phi) is 5.37. The molecule has 3 rings (SSSR count).